The van der Waals surface area contributed by atoms with E-state index in [0.29, 0.717) is 27.8 Å². The van der Waals surface area contributed by atoms with Crippen LogP contribution in [0, 0.1) is 11.3 Å². The summed E-state index contributed by atoms with van der Waals surface area (Å²) in [6.07, 6.45) is 0. The topological polar surface area (TPSA) is 59.0 Å². The second-order valence-corrected chi connectivity index (χ2v) is 3.84. The first-order valence-corrected chi connectivity index (χ1v) is 5.30. The van der Waals surface area contributed by atoms with Crippen LogP contribution < -0.4 is 10.5 Å². The minimum Gasteiger partial charge on any atom is -0.457 e. The first-order chi connectivity index (χ1) is 8.19. The standard InChI is InChI=1S/C13H9ClN2O/c14-13-7-12(5-4-9(13)8-15)17-11-3-1-2-10(16)6-11/h1-7H,16H2. The van der Waals surface area contributed by atoms with Gasteiger partial charge < -0.3 is 10.5 Å². The molecular weight excluding hydrogens is 236 g/mol. The molecule has 4 heteroatoms. The van der Waals surface area contributed by atoms with E-state index in [4.69, 9.17) is 27.3 Å². The molecule has 2 N–H and O–H groups in total. The highest BCUT2D eigenvalue weighted by Crippen LogP contribution is 2.27. The molecule has 0 saturated heterocycles. The van der Waals surface area contributed by atoms with Crippen LogP contribution in [0.25, 0.3) is 0 Å². The summed E-state index contributed by atoms with van der Waals surface area (Å²) in [6.45, 7) is 0. The molecule has 0 amide bonds. The predicted octanol–water partition coefficient (Wildman–Crippen LogP) is 3.59. The fraction of sp³-hybridized carbons (Fsp3) is 0. The number of anilines is 1. The molecule has 17 heavy (non-hydrogen) atoms. The second kappa shape index (κ2) is 4.77. The Balaban J connectivity index is 2.25. The number of nitrogen functional groups attached to an aromatic ring is 1. The zero-order chi connectivity index (χ0) is 12.3. The molecule has 0 aromatic heterocycles. The maximum atomic E-state index is 8.74. The molecule has 0 saturated carbocycles. The number of hydrogen-bond acceptors (Lipinski definition) is 3. The molecule has 0 aliphatic heterocycles. The Bertz CT molecular complexity index is 590. The third kappa shape index (κ3) is 2.68. The van der Waals surface area contributed by atoms with Gasteiger partial charge in [-0.05, 0) is 24.3 Å². The molecule has 0 spiro atoms. The predicted molar refractivity (Wildman–Crippen MR) is 67.1 cm³/mol. The van der Waals surface area contributed by atoms with E-state index in [-0.39, 0.29) is 0 Å². The fourth-order valence-corrected chi connectivity index (χ4v) is 1.58. The van der Waals surface area contributed by atoms with Crippen LogP contribution in [0.2, 0.25) is 5.02 Å². The van der Waals surface area contributed by atoms with Gasteiger partial charge in [0, 0.05) is 17.8 Å². The van der Waals surface area contributed by atoms with Crippen molar-refractivity contribution in [2.24, 2.45) is 0 Å². The third-order valence-electron chi connectivity index (χ3n) is 2.15. The molecule has 2 aromatic carbocycles. The van der Waals surface area contributed by atoms with Gasteiger partial charge in [0.1, 0.15) is 17.6 Å². The molecule has 84 valence electrons. The first kappa shape index (κ1) is 11.3. The summed E-state index contributed by atoms with van der Waals surface area (Å²) in [5, 5.41) is 9.11. The molecule has 0 bridgehead atoms. The fourth-order valence-electron chi connectivity index (χ4n) is 1.36. The molecule has 0 radical (unpaired) electrons. The summed E-state index contributed by atoms with van der Waals surface area (Å²) < 4.78 is 5.57. The van der Waals surface area contributed by atoms with Crippen molar-refractivity contribution in [2.75, 3.05) is 5.73 Å². The maximum absolute atomic E-state index is 8.74. The summed E-state index contributed by atoms with van der Waals surface area (Å²) in [6, 6.07) is 14.0. The van der Waals surface area contributed by atoms with Crippen LogP contribution in [0.4, 0.5) is 5.69 Å². The van der Waals surface area contributed by atoms with E-state index in [1.54, 1.807) is 42.5 Å². The molecule has 0 heterocycles. The summed E-state index contributed by atoms with van der Waals surface area (Å²) in [7, 11) is 0. The lowest BCUT2D eigenvalue weighted by atomic mass is 10.2. The van der Waals surface area contributed by atoms with Gasteiger partial charge >= 0.3 is 0 Å². The van der Waals surface area contributed by atoms with Crippen molar-refractivity contribution in [1.29, 1.82) is 5.26 Å². The van der Waals surface area contributed by atoms with E-state index < -0.39 is 0 Å². The quantitative estimate of drug-likeness (QED) is 0.822. The Morgan fingerprint density at radius 3 is 2.53 bits per heavy atom. The Hall–Kier alpha value is -2.18. The number of halogens is 1. The van der Waals surface area contributed by atoms with Gasteiger partial charge in [-0.25, -0.2) is 0 Å². The van der Waals surface area contributed by atoms with Crippen molar-refractivity contribution >= 4 is 17.3 Å². The average molecular weight is 245 g/mol. The lowest BCUT2D eigenvalue weighted by Crippen LogP contribution is -1.88. The zero-order valence-corrected chi connectivity index (χ0v) is 9.61. The van der Waals surface area contributed by atoms with Crippen molar-refractivity contribution < 1.29 is 4.74 Å². The van der Waals surface area contributed by atoms with E-state index in [0.717, 1.165) is 0 Å². The van der Waals surface area contributed by atoms with Crippen LogP contribution in [-0.2, 0) is 0 Å². The average Bonchev–Trinajstić information content (AvgIpc) is 2.29. The molecule has 0 aliphatic rings. The van der Waals surface area contributed by atoms with Gasteiger partial charge in [-0.2, -0.15) is 5.26 Å². The van der Waals surface area contributed by atoms with Crippen molar-refractivity contribution in [3.63, 3.8) is 0 Å². The van der Waals surface area contributed by atoms with Crippen LogP contribution in [0.5, 0.6) is 11.5 Å². The Labute approximate surface area is 104 Å². The molecule has 0 atom stereocenters. The van der Waals surface area contributed by atoms with Crippen LogP contribution in [0.3, 0.4) is 0 Å². The normalized spacial score (nSPS) is 9.65. The van der Waals surface area contributed by atoms with E-state index in [1.165, 1.54) is 0 Å². The number of nitriles is 1. The highest BCUT2D eigenvalue weighted by Gasteiger charge is 2.03. The number of nitrogens with two attached hydrogens (primary N) is 1. The molecular formula is C13H9ClN2O. The van der Waals surface area contributed by atoms with E-state index >= 15 is 0 Å². The van der Waals surface area contributed by atoms with Gasteiger partial charge in [-0.3, -0.25) is 0 Å². The van der Waals surface area contributed by atoms with Crippen molar-refractivity contribution in [2.45, 2.75) is 0 Å². The van der Waals surface area contributed by atoms with Crippen LogP contribution in [-0.4, -0.2) is 0 Å². The van der Waals surface area contributed by atoms with Gasteiger partial charge in [0.2, 0.25) is 0 Å². The number of ether oxygens (including phenoxy) is 1. The Morgan fingerprint density at radius 2 is 1.88 bits per heavy atom. The van der Waals surface area contributed by atoms with Crippen molar-refractivity contribution in [3.05, 3.63) is 53.1 Å². The van der Waals surface area contributed by atoms with E-state index in [1.807, 2.05) is 6.07 Å². The number of benzene rings is 2. The summed E-state index contributed by atoms with van der Waals surface area (Å²) in [5.74, 6) is 1.20. The Kier molecular flexibility index (Phi) is 3.17. The Morgan fingerprint density at radius 1 is 1.12 bits per heavy atom. The lowest BCUT2D eigenvalue weighted by molar-refractivity contribution is 0.483. The SMILES string of the molecule is N#Cc1ccc(Oc2cccc(N)c2)cc1Cl. The molecule has 0 unspecified atom stereocenters. The van der Waals surface area contributed by atoms with Gasteiger partial charge in [-0.15, -0.1) is 0 Å². The van der Waals surface area contributed by atoms with Crippen LogP contribution >= 0.6 is 11.6 Å². The molecule has 2 rings (SSSR count). The van der Waals surface area contributed by atoms with Crippen molar-refractivity contribution in [1.82, 2.24) is 0 Å². The molecule has 2 aromatic rings. The number of rotatable bonds is 2. The second-order valence-electron chi connectivity index (χ2n) is 3.43. The minimum atomic E-state index is 0.369. The zero-order valence-electron chi connectivity index (χ0n) is 8.85. The number of hydrogen-bond donors (Lipinski definition) is 1. The van der Waals surface area contributed by atoms with Crippen LogP contribution in [0.1, 0.15) is 5.56 Å². The van der Waals surface area contributed by atoms with Gasteiger partial charge in [0.25, 0.3) is 0 Å². The summed E-state index contributed by atoms with van der Waals surface area (Å²) in [5.41, 5.74) is 6.69. The smallest absolute Gasteiger partial charge is 0.129 e. The number of nitrogens with zero attached hydrogens (tertiary/aromatic N) is 1. The largest absolute Gasteiger partial charge is 0.457 e. The minimum absolute atomic E-state index is 0.369. The highest BCUT2D eigenvalue weighted by atomic mass is 35.5. The monoisotopic (exact) mass is 244 g/mol. The summed E-state index contributed by atoms with van der Waals surface area (Å²) >= 11 is 5.90. The molecule has 0 aliphatic carbocycles. The first-order valence-electron chi connectivity index (χ1n) is 4.92. The maximum Gasteiger partial charge on any atom is 0.129 e. The van der Waals surface area contributed by atoms with E-state index in [9.17, 15) is 0 Å². The van der Waals surface area contributed by atoms with Gasteiger partial charge in [0.15, 0.2) is 0 Å². The summed E-state index contributed by atoms with van der Waals surface area (Å²) in [4.78, 5) is 0. The molecule has 0 fully saturated rings. The lowest BCUT2D eigenvalue weighted by Gasteiger charge is -2.06. The third-order valence-corrected chi connectivity index (χ3v) is 2.47. The van der Waals surface area contributed by atoms with Gasteiger partial charge in [0.05, 0.1) is 10.6 Å². The van der Waals surface area contributed by atoms with Crippen molar-refractivity contribution in [3.8, 4) is 17.6 Å². The highest BCUT2D eigenvalue weighted by molar-refractivity contribution is 6.31. The van der Waals surface area contributed by atoms with E-state index in [2.05, 4.69) is 0 Å². The van der Waals surface area contributed by atoms with Gasteiger partial charge in [-0.1, -0.05) is 17.7 Å². The molecule has 3 nitrogen and oxygen atoms in total. The van der Waals surface area contributed by atoms with Crippen LogP contribution in [0.15, 0.2) is 42.5 Å².